The van der Waals surface area contributed by atoms with Gasteiger partial charge in [0.1, 0.15) is 0 Å². The van der Waals surface area contributed by atoms with Crippen molar-refractivity contribution in [2.75, 3.05) is 0 Å². The summed E-state index contributed by atoms with van der Waals surface area (Å²) in [4.78, 5) is 0. The molecular weight excluding hydrogens is 420 g/mol. The van der Waals surface area contributed by atoms with Gasteiger partial charge >= 0.3 is 0 Å². The summed E-state index contributed by atoms with van der Waals surface area (Å²) in [6.45, 7) is 13.4. The van der Waals surface area contributed by atoms with Crippen LogP contribution in [0.4, 0.5) is 0 Å². The molecule has 0 heterocycles. The molecule has 186 valence electrons. The molecule has 0 fully saturated rings. The lowest BCUT2D eigenvalue weighted by atomic mass is 10.1. The van der Waals surface area contributed by atoms with E-state index in [2.05, 4.69) is 79.4 Å². The summed E-state index contributed by atoms with van der Waals surface area (Å²) in [7, 11) is 0. The van der Waals surface area contributed by atoms with Gasteiger partial charge in [0.2, 0.25) is 0 Å². The Bertz CT molecular complexity index is 263. The fourth-order valence-electron chi connectivity index (χ4n) is 3.14. The number of rotatable bonds is 18. The first kappa shape index (κ1) is 35.6. The van der Waals surface area contributed by atoms with Crippen LogP contribution in [0.15, 0.2) is 0 Å². The van der Waals surface area contributed by atoms with Gasteiger partial charge in [0.25, 0.3) is 0 Å². The van der Waals surface area contributed by atoms with Crippen LogP contribution in [0.5, 0.6) is 0 Å². The molecule has 0 spiro atoms. The minimum atomic E-state index is 0.650. The van der Waals surface area contributed by atoms with Crippen LogP contribution >= 0.6 is 37.9 Å². The van der Waals surface area contributed by atoms with Crippen molar-refractivity contribution in [2.45, 2.75) is 173 Å². The van der Waals surface area contributed by atoms with E-state index in [1.165, 1.54) is 116 Å². The van der Waals surface area contributed by atoms with Gasteiger partial charge in [-0.15, -0.1) is 0 Å². The second-order valence-corrected chi connectivity index (χ2v) is 11.0. The van der Waals surface area contributed by atoms with Crippen molar-refractivity contribution in [3.8, 4) is 0 Å². The van der Waals surface area contributed by atoms with Crippen LogP contribution < -0.4 is 0 Å². The highest BCUT2D eigenvalue weighted by atomic mass is 32.1. The standard InChI is InChI=1S/3C9H20S/c1-3-5-6-7-8-9(10)4-2;1-3-5-6-8-9(10)7-4-2;1-3-5-7-9(10)8-6-4-2/h3*9-10H,3-8H2,1-2H3/t;9-;/m.1./s1. The van der Waals surface area contributed by atoms with Crippen LogP contribution in [0.2, 0.25) is 0 Å². The highest BCUT2D eigenvalue weighted by Crippen LogP contribution is 2.14. The molecule has 1 unspecified atom stereocenters. The summed E-state index contributed by atoms with van der Waals surface area (Å²) in [5, 5.41) is 1.98. The van der Waals surface area contributed by atoms with Crippen LogP contribution in [0.3, 0.4) is 0 Å². The van der Waals surface area contributed by atoms with Crippen LogP contribution in [-0.4, -0.2) is 15.7 Å². The fourth-order valence-corrected chi connectivity index (χ4v) is 4.13. The zero-order valence-corrected chi connectivity index (χ0v) is 24.5. The van der Waals surface area contributed by atoms with Crippen LogP contribution in [0.25, 0.3) is 0 Å². The molecule has 0 aromatic carbocycles. The average Bonchev–Trinajstić information content (AvgIpc) is 2.75. The van der Waals surface area contributed by atoms with Crippen molar-refractivity contribution in [3.63, 3.8) is 0 Å². The van der Waals surface area contributed by atoms with Gasteiger partial charge in [0.05, 0.1) is 0 Å². The number of unbranched alkanes of at least 4 members (excludes halogenated alkanes) is 7. The molecule has 0 aromatic heterocycles. The Hall–Kier alpha value is 1.05. The van der Waals surface area contributed by atoms with Crippen LogP contribution in [0.1, 0.15) is 157 Å². The second kappa shape index (κ2) is 32.2. The molecular formula is C27H60S3. The summed E-state index contributed by atoms with van der Waals surface area (Å²) < 4.78 is 0. The second-order valence-electron chi connectivity index (χ2n) is 8.79. The van der Waals surface area contributed by atoms with Gasteiger partial charge in [-0.3, -0.25) is 0 Å². The Morgan fingerprint density at radius 3 is 1.17 bits per heavy atom. The van der Waals surface area contributed by atoms with Gasteiger partial charge < -0.3 is 0 Å². The molecule has 0 nitrogen and oxygen atoms in total. The summed E-state index contributed by atoms with van der Waals surface area (Å²) >= 11 is 13.4. The molecule has 0 radical (unpaired) electrons. The molecule has 30 heavy (non-hydrogen) atoms. The quantitative estimate of drug-likeness (QED) is 0.126. The minimum absolute atomic E-state index is 0.650. The van der Waals surface area contributed by atoms with Crippen molar-refractivity contribution < 1.29 is 0 Å². The molecule has 0 aliphatic heterocycles. The third kappa shape index (κ3) is 36.4. The third-order valence-electron chi connectivity index (χ3n) is 5.41. The summed E-state index contributed by atoms with van der Waals surface area (Å²) in [6.07, 6.45) is 23.9. The van der Waals surface area contributed by atoms with Gasteiger partial charge in [0, 0.05) is 15.7 Å². The van der Waals surface area contributed by atoms with Gasteiger partial charge in [-0.05, 0) is 38.5 Å². The van der Waals surface area contributed by atoms with Gasteiger partial charge in [-0.2, -0.15) is 37.9 Å². The summed E-state index contributed by atoms with van der Waals surface area (Å²) in [6, 6.07) is 0. The van der Waals surface area contributed by atoms with Crippen molar-refractivity contribution in [3.05, 3.63) is 0 Å². The molecule has 0 aliphatic rings. The lowest BCUT2D eigenvalue weighted by Crippen LogP contribution is -1.97. The molecule has 0 N–H and O–H groups in total. The van der Waals surface area contributed by atoms with E-state index in [1.807, 2.05) is 0 Å². The van der Waals surface area contributed by atoms with E-state index in [-0.39, 0.29) is 0 Å². The molecule has 0 rings (SSSR count). The zero-order chi connectivity index (χ0) is 23.5. The molecule has 0 aromatic rings. The molecule has 0 aliphatic carbocycles. The SMILES string of the molecule is CCCCC(S)CCCC.CCCCCCC(S)CC.CCCCC[C@H](S)CCC. The first-order chi connectivity index (χ1) is 14.4. The van der Waals surface area contributed by atoms with Gasteiger partial charge in [0.15, 0.2) is 0 Å². The Kier molecular flexibility index (Phi) is 38.3. The molecule has 0 bridgehead atoms. The molecule has 3 heteroatoms. The van der Waals surface area contributed by atoms with Crippen molar-refractivity contribution in [1.82, 2.24) is 0 Å². The molecule has 0 saturated carbocycles. The Morgan fingerprint density at radius 1 is 0.367 bits per heavy atom. The Labute approximate surface area is 210 Å². The van der Waals surface area contributed by atoms with Crippen LogP contribution in [0, 0.1) is 0 Å². The summed E-state index contributed by atoms with van der Waals surface area (Å²) in [5.74, 6) is 0. The van der Waals surface area contributed by atoms with Gasteiger partial charge in [-0.25, -0.2) is 0 Å². The monoisotopic (exact) mass is 480 g/mol. The first-order valence-electron chi connectivity index (χ1n) is 13.5. The van der Waals surface area contributed by atoms with Gasteiger partial charge in [-0.1, -0.05) is 119 Å². The Balaban J connectivity index is -0.000000364. The maximum Gasteiger partial charge on any atom is 0.00168 e. The van der Waals surface area contributed by atoms with Crippen molar-refractivity contribution >= 4 is 37.9 Å². The van der Waals surface area contributed by atoms with E-state index in [0.29, 0.717) is 15.7 Å². The smallest absolute Gasteiger partial charge is 0.00168 e. The highest BCUT2D eigenvalue weighted by Gasteiger charge is 2.00. The highest BCUT2D eigenvalue weighted by molar-refractivity contribution is 7.81. The lowest BCUT2D eigenvalue weighted by Gasteiger charge is -2.07. The van der Waals surface area contributed by atoms with E-state index in [4.69, 9.17) is 0 Å². The number of thiol groups is 3. The average molecular weight is 481 g/mol. The minimum Gasteiger partial charge on any atom is -0.176 e. The molecule has 0 amide bonds. The number of hydrogen-bond acceptors (Lipinski definition) is 3. The van der Waals surface area contributed by atoms with Crippen LogP contribution in [-0.2, 0) is 0 Å². The largest absolute Gasteiger partial charge is 0.176 e. The molecule has 2 atom stereocenters. The predicted octanol–water partition coefficient (Wildman–Crippen LogP) is 11.0. The lowest BCUT2D eigenvalue weighted by molar-refractivity contribution is 0.612. The topological polar surface area (TPSA) is 0 Å². The van der Waals surface area contributed by atoms with E-state index in [1.54, 1.807) is 0 Å². The van der Waals surface area contributed by atoms with Crippen molar-refractivity contribution in [1.29, 1.82) is 0 Å². The van der Waals surface area contributed by atoms with Crippen molar-refractivity contribution in [2.24, 2.45) is 0 Å². The van der Waals surface area contributed by atoms with E-state index in [9.17, 15) is 0 Å². The maximum absolute atomic E-state index is 4.50. The number of hydrogen-bond donors (Lipinski definition) is 3. The molecule has 0 saturated heterocycles. The Morgan fingerprint density at radius 2 is 0.733 bits per heavy atom. The first-order valence-corrected chi connectivity index (χ1v) is 15.0. The third-order valence-corrected chi connectivity index (χ3v) is 7.06. The van der Waals surface area contributed by atoms with E-state index < -0.39 is 0 Å². The van der Waals surface area contributed by atoms with E-state index >= 15 is 0 Å². The summed E-state index contributed by atoms with van der Waals surface area (Å²) in [5.41, 5.74) is 0. The zero-order valence-electron chi connectivity index (χ0n) is 21.8. The maximum atomic E-state index is 4.50. The fraction of sp³-hybridized carbons (Fsp3) is 1.00. The predicted molar refractivity (Wildman–Crippen MR) is 155 cm³/mol. The van der Waals surface area contributed by atoms with E-state index in [0.717, 1.165) is 0 Å². The normalized spacial score (nSPS) is 12.6.